The highest BCUT2D eigenvalue weighted by atomic mass is 35.5. The van der Waals surface area contributed by atoms with Gasteiger partial charge in [0.15, 0.2) is 0 Å². The van der Waals surface area contributed by atoms with Crippen molar-refractivity contribution in [3.05, 3.63) is 40.0 Å². The van der Waals surface area contributed by atoms with Crippen LogP contribution in [-0.2, 0) is 0 Å². The van der Waals surface area contributed by atoms with Crippen molar-refractivity contribution >= 4 is 40.7 Å². The minimum Gasteiger partial charge on any atom is -0.339 e. The Morgan fingerprint density at radius 3 is 2.88 bits per heavy atom. The van der Waals surface area contributed by atoms with Crippen molar-refractivity contribution < 1.29 is 0 Å². The molecule has 4 nitrogen and oxygen atoms in total. The average molecular weight is 365 g/mol. The van der Waals surface area contributed by atoms with Crippen LogP contribution in [0.25, 0.3) is 0 Å². The van der Waals surface area contributed by atoms with E-state index in [4.69, 9.17) is 28.2 Å². The number of piperidine rings is 1. The molecule has 0 spiro atoms. The Hall–Kier alpha value is -1.52. The van der Waals surface area contributed by atoms with Crippen LogP contribution < -0.4 is 10.2 Å². The number of aryl methyl sites for hydroxylation is 1. The van der Waals surface area contributed by atoms with Gasteiger partial charge in [-0.3, -0.25) is 0 Å². The Kier molecular flexibility index (Phi) is 5.47. The molecule has 6 heteroatoms. The van der Waals surface area contributed by atoms with E-state index in [1.54, 1.807) is 6.07 Å². The minimum atomic E-state index is 0.501. The first-order valence-electron chi connectivity index (χ1n) is 8.42. The maximum atomic E-state index is 6.27. The monoisotopic (exact) mass is 364 g/mol. The SMILES string of the molecule is CCC1CCCCN1c1nc(C)cc(Nc2cccc(Cl)c2Cl)n1. The number of aromatic nitrogens is 2. The molecular formula is C18H22Cl2N4. The molecule has 1 N–H and O–H groups in total. The number of anilines is 3. The van der Waals surface area contributed by atoms with E-state index in [-0.39, 0.29) is 0 Å². The van der Waals surface area contributed by atoms with E-state index in [9.17, 15) is 0 Å². The first-order chi connectivity index (χ1) is 11.6. The Bertz CT molecular complexity index is 720. The Labute approximate surface area is 153 Å². The molecule has 0 aliphatic carbocycles. The summed E-state index contributed by atoms with van der Waals surface area (Å²) >= 11 is 12.4. The predicted molar refractivity (Wildman–Crippen MR) is 102 cm³/mol. The van der Waals surface area contributed by atoms with Crippen molar-refractivity contribution in [2.75, 3.05) is 16.8 Å². The number of benzene rings is 1. The Balaban J connectivity index is 1.90. The number of rotatable bonds is 4. The van der Waals surface area contributed by atoms with Gasteiger partial charge in [0.25, 0.3) is 0 Å². The molecule has 0 radical (unpaired) electrons. The zero-order valence-electron chi connectivity index (χ0n) is 14.0. The molecule has 0 saturated carbocycles. The molecular weight excluding hydrogens is 343 g/mol. The summed E-state index contributed by atoms with van der Waals surface area (Å²) in [5.41, 5.74) is 1.68. The zero-order valence-corrected chi connectivity index (χ0v) is 15.5. The summed E-state index contributed by atoms with van der Waals surface area (Å²) < 4.78 is 0. The van der Waals surface area contributed by atoms with Crippen molar-refractivity contribution in [1.82, 2.24) is 9.97 Å². The minimum absolute atomic E-state index is 0.501. The summed E-state index contributed by atoms with van der Waals surface area (Å²) in [5.74, 6) is 1.53. The van der Waals surface area contributed by atoms with E-state index in [0.29, 0.717) is 16.1 Å². The van der Waals surface area contributed by atoms with Gasteiger partial charge in [-0.15, -0.1) is 0 Å². The quantitative estimate of drug-likeness (QED) is 0.765. The molecule has 24 heavy (non-hydrogen) atoms. The number of hydrogen-bond acceptors (Lipinski definition) is 4. The van der Waals surface area contributed by atoms with E-state index in [1.807, 2.05) is 25.1 Å². The molecule has 1 fully saturated rings. The van der Waals surface area contributed by atoms with Crippen LogP contribution in [0.5, 0.6) is 0 Å². The lowest BCUT2D eigenvalue weighted by molar-refractivity contribution is 0.443. The molecule has 2 aromatic rings. The summed E-state index contributed by atoms with van der Waals surface area (Å²) in [6.45, 7) is 5.23. The van der Waals surface area contributed by atoms with Gasteiger partial charge in [0.05, 0.1) is 15.7 Å². The third kappa shape index (κ3) is 3.76. The highest BCUT2D eigenvalue weighted by Gasteiger charge is 2.23. The number of halogens is 2. The van der Waals surface area contributed by atoms with Crippen LogP contribution in [0.1, 0.15) is 38.3 Å². The highest BCUT2D eigenvalue weighted by molar-refractivity contribution is 6.43. The van der Waals surface area contributed by atoms with Crippen LogP contribution >= 0.6 is 23.2 Å². The molecule has 3 rings (SSSR count). The molecule has 0 amide bonds. The van der Waals surface area contributed by atoms with Gasteiger partial charge in [0, 0.05) is 24.3 Å². The van der Waals surface area contributed by atoms with Gasteiger partial charge in [0.2, 0.25) is 5.95 Å². The second kappa shape index (κ2) is 7.58. The lowest BCUT2D eigenvalue weighted by Gasteiger charge is -2.35. The second-order valence-corrected chi connectivity index (χ2v) is 6.96. The van der Waals surface area contributed by atoms with E-state index < -0.39 is 0 Å². The van der Waals surface area contributed by atoms with Gasteiger partial charge in [-0.05, 0) is 44.7 Å². The lowest BCUT2D eigenvalue weighted by atomic mass is 10.0. The van der Waals surface area contributed by atoms with E-state index in [0.717, 1.165) is 36.1 Å². The molecule has 128 valence electrons. The Morgan fingerprint density at radius 1 is 1.25 bits per heavy atom. The van der Waals surface area contributed by atoms with E-state index in [2.05, 4.69) is 22.1 Å². The summed E-state index contributed by atoms with van der Waals surface area (Å²) in [5, 5.41) is 4.30. The van der Waals surface area contributed by atoms with Gasteiger partial charge < -0.3 is 10.2 Å². The summed E-state index contributed by atoms with van der Waals surface area (Å²) in [6.07, 6.45) is 4.79. The third-order valence-corrected chi connectivity index (χ3v) is 5.23. The van der Waals surface area contributed by atoms with Crippen LogP contribution in [0.2, 0.25) is 10.0 Å². The fourth-order valence-corrected chi connectivity index (χ4v) is 3.52. The number of nitrogens with one attached hydrogen (secondary N) is 1. The standard InChI is InChI=1S/C18H22Cl2N4/c1-3-13-7-4-5-10-24(13)18-21-12(2)11-16(23-18)22-15-9-6-8-14(19)17(15)20/h6,8-9,11,13H,3-5,7,10H2,1-2H3,(H,21,22,23). The van der Waals surface area contributed by atoms with E-state index in [1.165, 1.54) is 19.3 Å². The van der Waals surface area contributed by atoms with Crippen molar-refractivity contribution in [3.63, 3.8) is 0 Å². The van der Waals surface area contributed by atoms with Crippen LogP contribution in [0.3, 0.4) is 0 Å². The summed E-state index contributed by atoms with van der Waals surface area (Å²) in [4.78, 5) is 11.7. The molecule has 1 aliphatic rings. The molecule has 1 aliphatic heterocycles. The normalized spacial score (nSPS) is 17.8. The highest BCUT2D eigenvalue weighted by Crippen LogP contribution is 2.32. The van der Waals surface area contributed by atoms with Crippen molar-refractivity contribution in [1.29, 1.82) is 0 Å². The maximum Gasteiger partial charge on any atom is 0.227 e. The van der Waals surface area contributed by atoms with Crippen LogP contribution in [-0.4, -0.2) is 22.6 Å². The third-order valence-electron chi connectivity index (χ3n) is 4.41. The summed E-state index contributed by atoms with van der Waals surface area (Å²) in [7, 11) is 0. The molecule has 2 heterocycles. The van der Waals surface area contributed by atoms with Crippen molar-refractivity contribution in [3.8, 4) is 0 Å². The van der Waals surface area contributed by atoms with Crippen molar-refractivity contribution in [2.45, 2.75) is 45.6 Å². The molecule has 1 unspecified atom stereocenters. The second-order valence-electron chi connectivity index (χ2n) is 6.17. The molecule has 0 bridgehead atoms. The zero-order chi connectivity index (χ0) is 17.1. The molecule has 1 aromatic heterocycles. The van der Waals surface area contributed by atoms with Gasteiger partial charge in [-0.2, -0.15) is 4.98 Å². The fraction of sp³-hybridized carbons (Fsp3) is 0.444. The predicted octanol–water partition coefficient (Wildman–Crippen LogP) is 5.60. The average Bonchev–Trinajstić information content (AvgIpc) is 2.58. The lowest BCUT2D eigenvalue weighted by Crippen LogP contribution is -2.40. The first-order valence-corrected chi connectivity index (χ1v) is 9.17. The molecule has 1 atom stereocenters. The maximum absolute atomic E-state index is 6.27. The van der Waals surface area contributed by atoms with Gasteiger partial charge >= 0.3 is 0 Å². The fourth-order valence-electron chi connectivity index (χ4n) is 3.17. The van der Waals surface area contributed by atoms with Crippen LogP contribution in [0, 0.1) is 6.92 Å². The largest absolute Gasteiger partial charge is 0.339 e. The summed E-state index contributed by atoms with van der Waals surface area (Å²) in [6, 6.07) is 7.96. The van der Waals surface area contributed by atoms with Gasteiger partial charge in [0.1, 0.15) is 5.82 Å². The number of nitrogens with zero attached hydrogens (tertiary/aromatic N) is 3. The van der Waals surface area contributed by atoms with Crippen LogP contribution in [0.15, 0.2) is 24.3 Å². The van der Waals surface area contributed by atoms with Gasteiger partial charge in [-0.1, -0.05) is 36.2 Å². The smallest absolute Gasteiger partial charge is 0.227 e. The van der Waals surface area contributed by atoms with Gasteiger partial charge in [-0.25, -0.2) is 4.98 Å². The molecule has 1 aromatic carbocycles. The van der Waals surface area contributed by atoms with Crippen LogP contribution in [0.4, 0.5) is 17.5 Å². The van der Waals surface area contributed by atoms with E-state index >= 15 is 0 Å². The molecule has 1 saturated heterocycles. The Morgan fingerprint density at radius 2 is 2.08 bits per heavy atom. The topological polar surface area (TPSA) is 41.1 Å². The van der Waals surface area contributed by atoms with Crippen molar-refractivity contribution in [2.24, 2.45) is 0 Å². The number of hydrogen-bond donors (Lipinski definition) is 1. The first kappa shape index (κ1) is 17.3.